The van der Waals surface area contributed by atoms with E-state index in [0.717, 1.165) is 22.2 Å². The quantitative estimate of drug-likeness (QED) is 0.852. The molecule has 2 aromatic rings. The second-order valence-electron chi connectivity index (χ2n) is 4.69. The second kappa shape index (κ2) is 4.88. The van der Waals surface area contributed by atoms with Crippen LogP contribution in [0, 0.1) is 0 Å². The number of aromatic amines is 1. The molecule has 1 aliphatic rings. The lowest BCUT2D eigenvalue weighted by molar-refractivity contribution is -0.118. The van der Waals surface area contributed by atoms with Gasteiger partial charge in [-0.1, -0.05) is 0 Å². The minimum atomic E-state index is -0.438. The fourth-order valence-electron chi connectivity index (χ4n) is 2.37. The van der Waals surface area contributed by atoms with Crippen molar-refractivity contribution < 1.29 is 14.3 Å². The topological polar surface area (TPSA) is 76.5 Å². The van der Waals surface area contributed by atoms with Gasteiger partial charge in [-0.2, -0.15) is 5.32 Å². The SMILES string of the molecule is COc1ccc2[nH]cc(CCN3CC(=O)[N]C3=O)c2c1. The van der Waals surface area contributed by atoms with Crippen molar-refractivity contribution in [3.05, 3.63) is 30.0 Å². The molecule has 0 saturated carbocycles. The molecule has 1 aromatic carbocycles. The van der Waals surface area contributed by atoms with Crippen molar-refractivity contribution in [3.63, 3.8) is 0 Å². The van der Waals surface area contributed by atoms with Crippen molar-refractivity contribution in [3.8, 4) is 5.75 Å². The number of rotatable bonds is 4. The van der Waals surface area contributed by atoms with Gasteiger partial charge in [-0.15, -0.1) is 0 Å². The number of imide groups is 1. The Morgan fingerprint density at radius 2 is 2.25 bits per heavy atom. The van der Waals surface area contributed by atoms with E-state index in [4.69, 9.17) is 4.74 Å². The maximum Gasteiger partial charge on any atom is 0.347 e. The highest BCUT2D eigenvalue weighted by Gasteiger charge is 2.28. The zero-order valence-electron chi connectivity index (χ0n) is 11.0. The third-order valence-corrected chi connectivity index (χ3v) is 3.44. The molecule has 1 saturated heterocycles. The maximum atomic E-state index is 11.4. The van der Waals surface area contributed by atoms with Crippen LogP contribution in [0.5, 0.6) is 5.75 Å². The molecular weight excluding hydrogens is 258 g/mol. The molecule has 6 nitrogen and oxygen atoms in total. The lowest BCUT2D eigenvalue weighted by Gasteiger charge is -2.11. The molecule has 3 amide bonds. The van der Waals surface area contributed by atoms with Crippen molar-refractivity contribution in [1.29, 1.82) is 0 Å². The number of H-pyrrole nitrogens is 1. The molecule has 20 heavy (non-hydrogen) atoms. The Kier molecular flexibility index (Phi) is 3.06. The Morgan fingerprint density at radius 1 is 1.40 bits per heavy atom. The lowest BCUT2D eigenvalue weighted by Crippen LogP contribution is -2.28. The Balaban J connectivity index is 1.77. The average molecular weight is 272 g/mol. The molecule has 3 rings (SSSR count). The maximum absolute atomic E-state index is 11.4. The van der Waals surface area contributed by atoms with Crippen LogP contribution in [0.4, 0.5) is 4.79 Å². The summed E-state index contributed by atoms with van der Waals surface area (Å²) in [5.74, 6) is 0.427. The van der Waals surface area contributed by atoms with E-state index in [1.807, 2.05) is 24.4 Å². The van der Waals surface area contributed by atoms with Crippen molar-refractivity contribution in [2.45, 2.75) is 6.42 Å². The summed E-state index contributed by atoms with van der Waals surface area (Å²) in [5, 5.41) is 4.45. The van der Waals surface area contributed by atoms with Gasteiger partial charge in [0.25, 0.3) is 5.91 Å². The second-order valence-corrected chi connectivity index (χ2v) is 4.69. The van der Waals surface area contributed by atoms with Gasteiger partial charge in [-0.25, -0.2) is 4.79 Å². The van der Waals surface area contributed by atoms with E-state index in [0.29, 0.717) is 13.0 Å². The molecule has 0 spiro atoms. The summed E-state index contributed by atoms with van der Waals surface area (Å²) >= 11 is 0. The Bertz CT molecular complexity index is 677. The number of nitrogens with one attached hydrogen (secondary N) is 1. The minimum absolute atomic E-state index is 0.0878. The van der Waals surface area contributed by atoms with Crippen molar-refractivity contribution in [2.24, 2.45) is 0 Å². The highest BCUT2D eigenvalue weighted by molar-refractivity contribution is 6.01. The van der Waals surface area contributed by atoms with Crippen LogP contribution >= 0.6 is 0 Å². The number of carbonyl (C=O) groups excluding carboxylic acids is 2. The van der Waals surface area contributed by atoms with Gasteiger partial charge in [-0.05, 0) is 30.2 Å². The molecule has 103 valence electrons. The molecule has 1 N–H and O–H groups in total. The Hall–Kier alpha value is -2.50. The molecule has 0 atom stereocenters. The summed E-state index contributed by atoms with van der Waals surface area (Å²) in [7, 11) is 1.63. The number of urea groups is 1. The number of hydrogen-bond donors (Lipinski definition) is 1. The van der Waals surface area contributed by atoms with Crippen molar-refractivity contribution >= 4 is 22.8 Å². The van der Waals surface area contributed by atoms with Gasteiger partial charge < -0.3 is 14.6 Å². The molecule has 1 fully saturated rings. The first-order valence-corrected chi connectivity index (χ1v) is 6.35. The first-order valence-electron chi connectivity index (χ1n) is 6.35. The summed E-state index contributed by atoms with van der Waals surface area (Å²) in [6, 6.07) is 5.37. The highest BCUT2D eigenvalue weighted by atomic mass is 16.5. The fourth-order valence-corrected chi connectivity index (χ4v) is 2.37. The van der Waals surface area contributed by atoms with E-state index in [9.17, 15) is 9.59 Å². The Labute approximate surface area is 115 Å². The van der Waals surface area contributed by atoms with Crippen molar-refractivity contribution in [1.82, 2.24) is 15.2 Å². The summed E-state index contributed by atoms with van der Waals surface area (Å²) in [6.45, 7) is 0.572. The van der Waals surface area contributed by atoms with Gasteiger partial charge in [-0.3, -0.25) is 4.79 Å². The first-order chi connectivity index (χ1) is 9.67. The molecule has 1 radical (unpaired) electrons. The summed E-state index contributed by atoms with van der Waals surface area (Å²) in [5.41, 5.74) is 2.11. The molecule has 0 aliphatic carbocycles. The van der Waals surface area contributed by atoms with Gasteiger partial charge in [0.2, 0.25) is 0 Å². The van der Waals surface area contributed by atoms with Crippen LogP contribution < -0.4 is 10.1 Å². The normalized spacial score (nSPS) is 14.9. The highest BCUT2D eigenvalue weighted by Crippen LogP contribution is 2.24. The average Bonchev–Trinajstić information content (AvgIpc) is 2.98. The molecule has 0 unspecified atom stereocenters. The number of benzene rings is 1. The van der Waals surface area contributed by atoms with Gasteiger partial charge in [0.1, 0.15) is 12.3 Å². The van der Waals surface area contributed by atoms with Gasteiger partial charge in [0.15, 0.2) is 0 Å². The Morgan fingerprint density at radius 3 is 2.95 bits per heavy atom. The van der Waals surface area contributed by atoms with E-state index in [-0.39, 0.29) is 12.5 Å². The molecule has 1 aromatic heterocycles. The van der Waals surface area contributed by atoms with E-state index in [1.54, 1.807) is 7.11 Å². The minimum Gasteiger partial charge on any atom is -0.497 e. The van der Waals surface area contributed by atoms with Gasteiger partial charge in [0, 0.05) is 23.6 Å². The number of carbonyl (C=O) groups is 2. The number of amides is 3. The largest absolute Gasteiger partial charge is 0.497 e. The number of methoxy groups -OCH3 is 1. The zero-order chi connectivity index (χ0) is 14.1. The molecule has 0 bridgehead atoms. The number of nitrogens with zero attached hydrogens (tertiary/aromatic N) is 2. The summed E-state index contributed by atoms with van der Waals surface area (Å²) in [6.07, 6.45) is 2.59. The number of ether oxygens (including phenoxy) is 1. The van der Waals surface area contributed by atoms with Crippen molar-refractivity contribution in [2.75, 3.05) is 20.2 Å². The van der Waals surface area contributed by atoms with Crippen LogP contribution in [0.3, 0.4) is 0 Å². The molecule has 2 heterocycles. The number of fused-ring (bicyclic) bond motifs is 1. The fraction of sp³-hybridized carbons (Fsp3) is 0.286. The first kappa shape index (κ1) is 12.5. The van der Waals surface area contributed by atoms with Crippen LogP contribution in [0.15, 0.2) is 24.4 Å². The molecular formula is C14H14N3O3. The summed E-state index contributed by atoms with van der Waals surface area (Å²) < 4.78 is 5.22. The van der Waals surface area contributed by atoms with Gasteiger partial charge >= 0.3 is 6.03 Å². The molecule has 1 aliphatic heterocycles. The predicted octanol–water partition coefficient (Wildman–Crippen LogP) is 1.29. The smallest absolute Gasteiger partial charge is 0.347 e. The van der Waals surface area contributed by atoms with E-state index in [1.165, 1.54) is 4.90 Å². The number of aromatic nitrogens is 1. The molecule has 6 heteroatoms. The van der Waals surface area contributed by atoms with Crippen LogP contribution in [0.2, 0.25) is 0 Å². The predicted molar refractivity (Wildman–Crippen MR) is 72.7 cm³/mol. The van der Waals surface area contributed by atoms with E-state index in [2.05, 4.69) is 10.3 Å². The lowest BCUT2D eigenvalue weighted by atomic mass is 10.1. The van der Waals surface area contributed by atoms with Crippen LogP contribution in [0.1, 0.15) is 5.56 Å². The van der Waals surface area contributed by atoms with Crippen LogP contribution in [-0.2, 0) is 11.2 Å². The van der Waals surface area contributed by atoms with Crippen LogP contribution in [-0.4, -0.2) is 42.0 Å². The van der Waals surface area contributed by atoms with E-state index >= 15 is 0 Å². The summed E-state index contributed by atoms with van der Waals surface area (Å²) in [4.78, 5) is 27.1. The standard InChI is InChI=1S/C14H14N3O3/c1-20-10-2-3-12-11(6-10)9(7-15-12)4-5-17-8-13(18)16-14(17)19/h2-3,6-7,15H,4-5,8H2,1H3. The third-order valence-electron chi connectivity index (χ3n) is 3.44. The zero-order valence-corrected chi connectivity index (χ0v) is 11.0. The monoisotopic (exact) mass is 272 g/mol. The van der Waals surface area contributed by atoms with Gasteiger partial charge in [0.05, 0.1) is 7.11 Å². The van der Waals surface area contributed by atoms with E-state index < -0.39 is 6.03 Å². The number of hydrogen-bond acceptors (Lipinski definition) is 3. The van der Waals surface area contributed by atoms with Crippen LogP contribution in [0.25, 0.3) is 10.9 Å². The third kappa shape index (κ3) is 2.20.